The van der Waals surface area contributed by atoms with Crippen LogP contribution in [0.15, 0.2) is 77.9 Å². The average Bonchev–Trinajstić information content (AvgIpc) is 3.00. The molecule has 4 rings (SSSR count). The molecular weight excluding hydrogens is 385 g/mol. The summed E-state index contributed by atoms with van der Waals surface area (Å²) in [6.45, 7) is 3.39. The lowest BCUT2D eigenvalue weighted by atomic mass is 10.1. The molecule has 1 aromatic heterocycles. The molecule has 0 unspecified atom stereocenters. The van der Waals surface area contributed by atoms with Crippen molar-refractivity contribution < 1.29 is 4.39 Å². The van der Waals surface area contributed by atoms with Crippen molar-refractivity contribution in [1.82, 2.24) is 9.99 Å². The molecule has 0 aliphatic carbocycles. The summed E-state index contributed by atoms with van der Waals surface area (Å²) in [6, 6.07) is 22.6. The van der Waals surface area contributed by atoms with Gasteiger partial charge >= 0.3 is 0 Å². The van der Waals surface area contributed by atoms with Crippen molar-refractivity contribution in [2.24, 2.45) is 5.10 Å². The maximum Gasteiger partial charge on any atom is 0.123 e. The van der Waals surface area contributed by atoms with Gasteiger partial charge in [-0.1, -0.05) is 54.1 Å². The van der Waals surface area contributed by atoms with Gasteiger partial charge in [0, 0.05) is 33.7 Å². The SMILES string of the molecule is Cc1c(/C=N\NCc2ccc(Cl)cc2)c2ccccc2n1Cc1ccc(F)cc1. The smallest absolute Gasteiger partial charge is 0.123 e. The summed E-state index contributed by atoms with van der Waals surface area (Å²) in [5, 5.41) is 6.30. The zero-order valence-corrected chi connectivity index (χ0v) is 16.8. The van der Waals surface area contributed by atoms with E-state index in [1.165, 1.54) is 12.1 Å². The lowest BCUT2D eigenvalue weighted by Gasteiger charge is -2.08. The van der Waals surface area contributed by atoms with Crippen LogP contribution in [0, 0.1) is 12.7 Å². The molecule has 0 saturated heterocycles. The Labute approximate surface area is 174 Å². The van der Waals surface area contributed by atoms with Crippen LogP contribution in [-0.4, -0.2) is 10.8 Å². The number of aromatic nitrogens is 1. The number of fused-ring (bicyclic) bond motifs is 1. The van der Waals surface area contributed by atoms with Gasteiger partial charge in [-0.15, -0.1) is 0 Å². The Morgan fingerprint density at radius 2 is 1.66 bits per heavy atom. The van der Waals surface area contributed by atoms with E-state index >= 15 is 0 Å². The van der Waals surface area contributed by atoms with Gasteiger partial charge in [-0.3, -0.25) is 0 Å². The molecular formula is C24H21ClFN3. The maximum atomic E-state index is 13.2. The van der Waals surface area contributed by atoms with Crippen molar-refractivity contribution in [3.05, 3.63) is 106 Å². The average molecular weight is 406 g/mol. The van der Waals surface area contributed by atoms with E-state index in [0.29, 0.717) is 13.1 Å². The molecule has 0 radical (unpaired) electrons. The summed E-state index contributed by atoms with van der Waals surface area (Å²) in [4.78, 5) is 0. The quantitative estimate of drug-likeness (QED) is 0.313. The maximum absolute atomic E-state index is 13.2. The molecule has 0 atom stereocenters. The normalized spacial score (nSPS) is 11.4. The number of para-hydroxylation sites is 1. The molecule has 0 fully saturated rings. The first kappa shape index (κ1) is 19.2. The summed E-state index contributed by atoms with van der Waals surface area (Å²) in [5.41, 5.74) is 8.60. The van der Waals surface area contributed by atoms with Gasteiger partial charge in [0.15, 0.2) is 0 Å². The van der Waals surface area contributed by atoms with Crippen molar-refractivity contribution in [1.29, 1.82) is 0 Å². The Bertz CT molecular complexity index is 1150. The molecule has 146 valence electrons. The van der Waals surface area contributed by atoms with E-state index in [1.54, 1.807) is 0 Å². The first-order valence-electron chi connectivity index (χ1n) is 9.44. The van der Waals surface area contributed by atoms with Crippen LogP contribution in [0.3, 0.4) is 0 Å². The van der Waals surface area contributed by atoms with E-state index in [2.05, 4.69) is 34.2 Å². The summed E-state index contributed by atoms with van der Waals surface area (Å²) < 4.78 is 15.5. The van der Waals surface area contributed by atoms with Crippen LogP contribution in [-0.2, 0) is 13.1 Å². The Balaban J connectivity index is 1.58. The minimum atomic E-state index is -0.220. The van der Waals surface area contributed by atoms with Gasteiger partial charge in [-0.2, -0.15) is 5.10 Å². The second kappa shape index (κ2) is 8.50. The molecule has 3 aromatic carbocycles. The van der Waals surface area contributed by atoms with E-state index in [0.717, 1.165) is 38.3 Å². The number of nitrogens with one attached hydrogen (secondary N) is 1. The summed E-state index contributed by atoms with van der Waals surface area (Å²) in [6.07, 6.45) is 1.87. The first-order valence-corrected chi connectivity index (χ1v) is 9.82. The highest BCUT2D eigenvalue weighted by molar-refractivity contribution is 6.30. The van der Waals surface area contributed by atoms with Crippen molar-refractivity contribution in [2.75, 3.05) is 0 Å². The van der Waals surface area contributed by atoms with E-state index < -0.39 is 0 Å². The molecule has 4 aromatic rings. The molecule has 5 heteroatoms. The van der Waals surface area contributed by atoms with Gasteiger partial charge in [0.2, 0.25) is 0 Å². The minimum absolute atomic E-state index is 0.220. The number of halogens is 2. The Kier molecular flexibility index (Phi) is 5.63. The predicted molar refractivity (Wildman–Crippen MR) is 118 cm³/mol. The minimum Gasteiger partial charge on any atom is -0.340 e. The highest BCUT2D eigenvalue weighted by Gasteiger charge is 2.12. The Morgan fingerprint density at radius 1 is 0.966 bits per heavy atom. The third kappa shape index (κ3) is 4.33. The molecule has 29 heavy (non-hydrogen) atoms. The number of nitrogens with zero attached hydrogens (tertiary/aromatic N) is 2. The van der Waals surface area contributed by atoms with E-state index in [4.69, 9.17) is 11.6 Å². The number of hydrazone groups is 1. The van der Waals surface area contributed by atoms with Gasteiger partial charge in [-0.05, 0) is 48.4 Å². The molecule has 0 amide bonds. The number of hydrogen-bond donors (Lipinski definition) is 1. The van der Waals surface area contributed by atoms with Gasteiger partial charge in [0.05, 0.1) is 12.8 Å². The van der Waals surface area contributed by atoms with E-state index in [1.807, 2.05) is 54.7 Å². The zero-order valence-electron chi connectivity index (χ0n) is 16.1. The molecule has 0 bridgehead atoms. The van der Waals surface area contributed by atoms with E-state index in [-0.39, 0.29) is 5.82 Å². The van der Waals surface area contributed by atoms with Crippen LogP contribution in [0.25, 0.3) is 10.9 Å². The summed E-state index contributed by atoms with van der Waals surface area (Å²) >= 11 is 5.92. The molecule has 0 aliphatic heterocycles. The van der Waals surface area contributed by atoms with Crippen molar-refractivity contribution in [2.45, 2.75) is 20.0 Å². The van der Waals surface area contributed by atoms with Crippen molar-refractivity contribution in [3.8, 4) is 0 Å². The molecule has 0 aliphatic rings. The van der Waals surface area contributed by atoms with Gasteiger partial charge in [0.25, 0.3) is 0 Å². The monoisotopic (exact) mass is 405 g/mol. The fraction of sp³-hybridized carbons (Fsp3) is 0.125. The molecule has 1 N–H and O–H groups in total. The third-order valence-corrected chi connectivity index (χ3v) is 5.27. The Hall–Kier alpha value is -3.11. The van der Waals surface area contributed by atoms with Gasteiger partial charge in [-0.25, -0.2) is 4.39 Å². The second-order valence-corrected chi connectivity index (χ2v) is 7.38. The second-order valence-electron chi connectivity index (χ2n) is 6.95. The van der Waals surface area contributed by atoms with E-state index in [9.17, 15) is 4.39 Å². The van der Waals surface area contributed by atoms with Crippen molar-refractivity contribution >= 4 is 28.7 Å². The highest BCUT2D eigenvalue weighted by Crippen LogP contribution is 2.25. The van der Waals surface area contributed by atoms with Gasteiger partial charge in [0.1, 0.15) is 5.82 Å². The molecule has 0 saturated carbocycles. The van der Waals surface area contributed by atoms with Crippen LogP contribution in [0.1, 0.15) is 22.4 Å². The number of rotatable bonds is 6. The number of hydrogen-bond acceptors (Lipinski definition) is 2. The number of benzene rings is 3. The lowest BCUT2D eigenvalue weighted by molar-refractivity contribution is 0.626. The predicted octanol–water partition coefficient (Wildman–Crippen LogP) is 5.91. The molecule has 3 nitrogen and oxygen atoms in total. The van der Waals surface area contributed by atoms with Crippen LogP contribution < -0.4 is 5.43 Å². The van der Waals surface area contributed by atoms with Crippen LogP contribution >= 0.6 is 11.6 Å². The third-order valence-electron chi connectivity index (χ3n) is 5.02. The standard InChI is InChI=1S/C24H21ClFN3/c1-17-23(15-28-27-14-18-6-10-20(25)11-7-18)22-4-2-3-5-24(22)29(17)16-19-8-12-21(26)13-9-19/h2-13,15,27H,14,16H2,1H3/b28-15-. The first-order chi connectivity index (χ1) is 14.1. The fourth-order valence-electron chi connectivity index (χ4n) is 3.45. The summed E-state index contributed by atoms with van der Waals surface area (Å²) in [5.74, 6) is -0.220. The lowest BCUT2D eigenvalue weighted by Crippen LogP contribution is -2.06. The zero-order chi connectivity index (χ0) is 20.2. The molecule has 1 heterocycles. The van der Waals surface area contributed by atoms with Crippen LogP contribution in [0.2, 0.25) is 5.02 Å². The van der Waals surface area contributed by atoms with Crippen molar-refractivity contribution in [3.63, 3.8) is 0 Å². The fourth-order valence-corrected chi connectivity index (χ4v) is 3.57. The van der Waals surface area contributed by atoms with Gasteiger partial charge < -0.3 is 9.99 Å². The largest absolute Gasteiger partial charge is 0.340 e. The van der Waals surface area contributed by atoms with Crippen LogP contribution in [0.4, 0.5) is 4.39 Å². The highest BCUT2D eigenvalue weighted by atomic mass is 35.5. The topological polar surface area (TPSA) is 29.3 Å². The van der Waals surface area contributed by atoms with Crippen LogP contribution in [0.5, 0.6) is 0 Å². The Morgan fingerprint density at radius 3 is 2.41 bits per heavy atom. The summed E-state index contributed by atoms with van der Waals surface area (Å²) in [7, 11) is 0. The molecule has 0 spiro atoms.